The number of aryl methyl sites for hydroxylation is 1. The Morgan fingerprint density at radius 3 is 2.33 bits per heavy atom. The van der Waals surface area contributed by atoms with Crippen molar-refractivity contribution in [3.63, 3.8) is 0 Å². The minimum absolute atomic E-state index is 0.335. The first-order valence-corrected chi connectivity index (χ1v) is 5.57. The number of methoxy groups -OCH3 is 1. The predicted octanol–water partition coefficient (Wildman–Crippen LogP) is 2.92. The molecule has 1 heterocycles. The number of hydrogen-bond acceptors (Lipinski definition) is 4. The summed E-state index contributed by atoms with van der Waals surface area (Å²) in [6.07, 6.45) is 1.77. The Kier molecular flexibility index (Phi) is 3.57. The van der Waals surface area contributed by atoms with Gasteiger partial charge in [0.2, 0.25) is 0 Å². The zero-order valence-corrected chi connectivity index (χ0v) is 10.3. The summed E-state index contributed by atoms with van der Waals surface area (Å²) in [6, 6.07) is 11.0. The topological polar surface area (TPSA) is 51.2 Å². The molecule has 1 N–H and O–H groups in total. The summed E-state index contributed by atoms with van der Waals surface area (Å²) in [5.74, 6) is -0.335. The molecule has 1 aromatic heterocycles. The molecule has 0 saturated heterocycles. The molecule has 0 unspecified atom stereocenters. The van der Waals surface area contributed by atoms with Crippen LogP contribution in [0.15, 0.2) is 42.6 Å². The largest absolute Gasteiger partial charge is 0.465 e. The van der Waals surface area contributed by atoms with Crippen molar-refractivity contribution in [2.45, 2.75) is 6.92 Å². The molecule has 4 nitrogen and oxygen atoms in total. The molecule has 0 aliphatic rings. The van der Waals surface area contributed by atoms with Crippen LogP contribution in [0.3, 0.4) is 0 Å². The molecule has 0 atom stereocenters. The van der Waals surface area contributed by atoms with Gasteiger partial charge >= 0.3 is 5.97 Å². The number of pyridine rings is 1. The van der Waals surface area contributed by atoms with Crippen molar-refractivity contribution in [3.05, 3.63) is 53.9 Å². The van der Waals surface area contributed by atoms with Crippen LogP contribution in [0.4, 0.5) is 11.4 Å². The molecule has 0 radical (unpaired) electrons. The third-order valence-corrected chi connectivity index (χ3v) is 2.51. The van der Waals surface area contributed by atoms with Crippen molar-refractivity contribution >= 4 is 17.3 Å². The molecule has 0 fully saturated rings. The van der Waals surface area contributed by atoms with Gasteiger partial charge in [0.15, 0.2) is 0 Å². The van der Waals surface area contributed by atoms with E-state index >= 15 is 0 Å². The first-order chi connectivity index (χ1) is 8.69. The van der Waals surface area contributed by atoms with Crippen LogP contribution >= 0.6 is 0 Å². The molecule has 1 aromatic carbocycles. The number of nitrogens with zero attached hydrogens (tertiary/aromatic N) is 1. The van der Waals surface area contributed by atoms with Gasteiger partial charge in [0.1, 0.15) is 0 Å². The summed E-state index contributed by atoms with van der Waals surface area (Å²) >= 11 is 0. The molecule has 0 saturated carbocycles. The third kappa shape index (κ3) is 2.85. The van der Waals surface area contributed by atoms with E-state index in [9.17, 15) is 4.79 Å². The van der Waals surface area contributed by atoms with E-state index in [4.69, 9.17) is 0 Å². The Balaban J connectivity index is 2.10. The van der Waals surface area contributed by atoms with E-state index in [1.54, 1.807) is 18.3 Å². The van der Waals surface area contributed by atoms with Crippen molar-refractivity contribution in [1.82, 2.24) is 4.98 Å². The Labute approximate surface area is 106 Å². The van der Waals surface area contributed by atoms with Gasteiger partial charge in [-0.05, 0) is 43.3 Å². The van der Waals surface area contributed by atoms with Gasteiger partial charge in [0, 0.05) is 11.4 Å². The van der Waals surface area contributed by atoms with E-state index in [1.165, 1.54) is 7.11 Å². The van der Waals surface area contributed by atoms with Crippen molar-refractivity contribution in [2.75, 3.05) is 12.4 Å². The quantitative estimate of drug-likeness (QED) is 0.841. The van der Waals surface area contributed by atoms with Crippen LogP contribution < -0.4 is 5.32 Å². The summed E-state index contributed by atoms with van der Waals surface area (Å²) in [5, 5.41) is 3.20. The van der Waals surface area contributed by atoms with Crippen molar-refractivity contribution in [1.29, 1.82) is 0 Å². The van der Waals surface area contributed by atoms with Crippen LogP contribution in [0.5, 0.6) is 0 Å². The number of nitrogens with one attached hydrogen (secondary N) is 1. The molecule has 2 aromatic rings. The van der Waals surface area contributed by atoms with Gasteiger partial charge in [0.25, 0.3) is 0 Å². The number of hydrogen-bond donors (Lipinski definition) is 1. The molecule has 18 heavy (non-hydrogen) atoms. The normalized spacial score (nSPS) is 9.89. The average molecular weight is 242 g/mol. The van der Waals surface area contributed by atoms with E-state index in [2.05, 4.69) is 15.0 Å². The molecular weight excluding hydrogens is 228 g/mol. The molecule has 2 rings (SSSR count). The Hall–Kier alpha value is -2.36. The number of anilines is 2. The van der Waals surface area contributed by atoms with Crippen LogP contribution in [-0.4, -0.2) is 18.1 Å². The maximum Gasteiger partial charge on any atom is 0.337 e. The lowest BCUT2D eigenvalue weighted by Crippen LogP contribution is -2.01. The minimum atomic E-state index is -0.335. The van der Waals surface area contributed by atoms with Gasteiger partial charge in [-0.15, -0.1) is 0 Å². The van der Waals surface area contributed by atoms with Gasteiger partial charge in [0.05, 0.1) is 24.6 Å². The summed E-state index contributed by atoms with van der Waals surface area (Å²) in [6.45, 7) is 1.94. The van der Waals surface area contributed by atoms with Crippen LogP contribution in [-0.2, 0) is 4.74 Å². The lowest BCUT2D eigenvalue weighted by atomic mass is 10.2. The van der Waals surface area contributed by atoms with E-state index < -0.39 is 0 Å². The van der Waals surface area contributed by atoms with Crippen LogP contribution in [0.25, 0.3) is 0 Å². The maximum atomic E-state index is 11.3. The number of ether oxygens (including phenoxy) is 1. The van der Waals surface area contributed by atoms with Crippen molar-refractivity contribution < 1.29 is 9.53 Å². The highest BCUT2D eigenvalue weighted by Crippen LogP contribution is 2.16. The molecule has 0 bridgehead atoms. The second kappa shape index (κ2) is 5.31. The molecule has 92 valence electrons. The maximum absolute atomic E-state index is 11.3. The highest BCUT2D eigenvalue weighted by Gasteiger charge is 2.04. The van der Waals surface area contributed by atoms with E-state index in [0.29, 0.717) is 5.56 Å². The molecule has 0 spiro atoms. The SMILES string of the molecule is COC(=O)c1ccc(Nc2ccc(C)nc2)cc1. The standard InChI is InChI=1S/C14H14N2O2/c1-10-3-6-13(9-15-10)16-12-7-4-11(5-8-12)14(17)18-2/h3-9,16H,1-2H3. The fourth-order valence-electron chi connectivity index (χ4n) is 1.52. The van der Waals surface area contributed by atoms with E-state index in [-0.39, 0.29) is 5.97 Å². The molecule has 4 heteroatoms. The van der Waals surface area contributed by atoms with Crippen LogP contribution in [0.2, 0.25) is 0 Å². The third-order valence-electron chi connectivity index (χ3n) is 2.51. The first kappa shape index (κ1) is 12.1. The zero-order chi connectivity index (χ0) is 13.0. The van der Waals surface area contributed by atoms with E-state index in [0.717, 1.165) is 17.1 Å². The highest BCUT2D eigenvalue weighted by molar-refractivity contribution is 5.89. The highest BCUT2D eigenvalue weighted by atomic mass is 16.5. The number of benzene rings is 1. The van der Waals surface area contributed by atoms with E-state index in [1.807, 2.05) is 31.2 Å². The molecular formula is C14H14N2O2. The number of esters is 1. The first-order valence-electron chi connectivity index (χ1n) is 5.57. The summed E-state index contributed by atoms with van der Waals surface area (Å²) in [5.41, 5.74) is 3.31. The van der Waals surface area contributed by atoms with Crippen LogP contribution in [0.1, 0.15) is 16.1 Å². The predicted molar refractivity (Wildman–Crippen MR) is 70.0 cm³/mol. The molecule has 0 aliphatic carbocycles. The lowest BCUT2D eigenvalue weighted by molar-refractivity contribution is 0.0601. The summed E-state index contributed by atoms with van der Waals surface area (Å²) < 4.78 is 4.64. The van der Waals surface area contributed by atoms with Crippen molar-refractivity contribution in [2.24, 2.45) is 0 Å². The van der Waals surface area contributed by atoms with Gasteiger partial charge < -0.3 is 10.1 Å². The van der Waals surface area contributed by atoms with Crippen molar-refractivity contribution in [3.8, 4) is 0 Å². The fourth-order valence-corrected chi connectivity index (χ4v) is 1.52. The Bertz CT molecular complexity index is 533. The zero-order valence-electron chi connectivity index (χ0n) is 10.3. The number of aromatic nitrogens is 1. The second-order valence-corrected chi connectivity index (χ2v) is 3.88. The second-order valence-electron chi connectivity index (χ2n) is 3.88. The minimum Gasteiger partial charge on any atom is -0.465 e. The van der Waals surface area contributed by atoms with Gasteiger partial charge in [-0.2, -0.15) is 0 Å². The van der Waals surface area contributed by atoms with Gasteiger partial charge in [-0.3, -0.25) is 4.98 Å². The average Bonchev–Trinajstić information content (AvgIpc) is 2.41. The number of carbonyl (C=O) groups is 1. The smallest absolute Gasteiger partial charge is 0.337 e. The number of carbonyl (C=O) groups excluding carboxylic acids is 1. The summed E-state index contributed by atoms with van der Waals surface area (Å²) in [4.78, 5) is 15.5. The Morgan fingerprint density at radius 1 is 1.11 bits per heavy atom. The number of rotatable bonds is 3. The fraction of sp³-hybridized carbons (Fsp3) is 0.143. The van der Waals surface area contributed by atoms with Gasteiger partial charge in [-0.1, -0.05) is 0 Å². The van der Waals surface area contributed by atoms with Gasteiger partial charge in [-0.25, -0.2) is 4.79 Å². The molecule has 0 amide bonds. The molecule has 0 aliphatic heterocycles. The monoisotopic (exact) mass is 242 g/mol. The summed E-state index contributed by atoms with van der Waals surface area (Å²) in [7, 11) is 1.37. The Morgan fingerprint density at radius 2 is 1.78 bits per heavy atom. The lowest BCUT2D eigenvalue weighted by Gasteiger charge is -2.06. The van der Waals surface area contributed by atoms with Crippen LogP contribution in [0, 0.1) is 6.92 Å².